The lowest BCUT2D eigenvalue weighted by Gasteiger charge is -2.13. The zero-order chi connectivity index (χ0) is 19.8. The number of imide groups is 1. The van der Waals surface area contributed by atoms with Gasteiger partial charge in [0.05, 0.1) is 11.3 Å². The number of benzene rings is 1. The lowest BCUT2D eigenvalue weighted by Crippen LogP contribution is -2.36. The van der Waals surface area contributed by atoms with E-state index in [9.17, 15) is 27.6 Å². The van der Waals surface area contributed by atoms with Crippen LogP contribution >= 0.6 is 11.3 Å². The Balaban J connectivity index is 1.71. The molecule has 1 aromatic carbocycles. The maximum absolute atomic E-state index is 13.1. The number of hydrogen-bond acceptors (Lipinski definition) is 5. The van der Waals surface area contributed by atoms with Crippen LogP contribution in [0.25, 0.3) is 11.3 Å². The van der Waals surface area contributed by atoms with Crippen LogP contribution < -0.4 is 5.32 Å². The van der Waals surface area contributed by atoms with Crippen LogP contribution in [-0.2, 0) is 15.8 Å². The third-order valence-electron chi connectivity index (χ3n) is 3.85. The van der Waals surface area contributed by atoms with Crippen molar-refractivity contribution in [2.45, 2.75) is 6.18 Å². The number of thiazole rings is 1. The molecule has 0 aliphatic carbocycles. The summed E-state index contributed by atoms with van der Waals surface area (Å²) in [5.41, 5.74) is -0.837. The summed E-state index contributed by atoms with van der Waals surface area (Å²) in [6, 6.07) is 4.42. The molecule has 11 heteroatoms. The zero-order valence-electron chi connectivity index (χ0n) is 13.9. The molecule has 4 amide bonds. The van der Waals surface area contributed by atoms with Crippen molar-refractivity contribution in [3.05, 3.63) is 35.2 Å². The molecule has 1 N–H and O–H groups in total. The molecule has 0 unspecified atom stereocenters. The number of amides is 4. The highest BCUT2D eigenvalue weighted by atomic mass is 32.1. The van der Waals surface area contributed by atoms with Gasteiger partial charge in [0.25, 0.3) is 0 Å². The van der Waals surface area contributed by atoms with E-state index < -0.39 is 29.6 Å². The van der Waals surface area contributed by atoms with Gasteiger partial charge in [0.15, 0.2) is 5.13 Å². The van der Waals surface area contributed by atoms with E-state index in [0.29, 0.717) is 0 Å². The van der Waals surface area contributed by atoms with Gasteiger partial charge in [-0.2, -0.15) is 13.2 Å². The third-order valence-corrected chi connectivity index (χ3v) is 4.61. The van der Waals surface area contributed by atoms with Gasteiger partial charge in [-0.1, -0.05) is 18.2 Å². The highest BCUT2D eigenvalue weighted by Gasteiger charge is 2.35. The molecule has 0 radical (unpaired) electrons. The lowest BCUT2D eigenvalue weighted by molar-refractivity contribution is -0.137. The van der Waals surface area contributed by atoms with Crippen LogP contribution in [0.5, 0.6) is 0 Å². The number of rotatable bonds is 4. The van der Waals surface area contributed by atoms with Crippen molar-refractivity contribution in [3.8, 4) is 11.3 Å². The number of nitrogens with one attached hydrogen (secondary N) is 1. The minimum atomic E-state index is -4.53. The second-order valence-electron chi connectivity index (χ2n) is 5.72. The number of urea groups is 1. The SMILES string of the molecule is CN1C(=O)CN(CC(=O)Nc2nc(-c3ccccc3C(F)(F)F)cs2)C1=O. The highest BCUT2D eigenvalue weighted by Crippen LogP contribution is 2.37. The summed E-state index contributed by atoms with van der Waals surface area (Å²) in [7, 11) is 1.31. The Morgan fingerprint density at radius 3 is 2.63 bits per heavy atom. The maximum atomic E-state index is 13.1. The minimum absolute atomic E-state index is 0.0791. The van der Waals surface area contributed by atoms with Crippen molar-refractivity contribution in [1.82, 2.24) is 14.8 Å². The molecule has 7 nitrogen and oxygen atoms in total. The molecule has 1 aliphatic rings. The van der Waals surface area contributed by atoms with Crippen LogP contribution in [0, 0.1) is 0 Å². The van der Waals surface area contributed by atoms with E-state index >= 15 is 0 Å². The fraction of sp³-hybridized carbons (Fsp3) is 0.250. The van der Waals surface area contributed by atoms with E-state index in [-0.39, 0.29) is 29.5 Å². The molecule has 1 saturated heterocycles. The Bertz CT molecular complexity index is 912. The molecule has 142 valence electrons. The van der Waals surface area contributed by atoms with Gasteiger partial charge in [0.1, 0.15) is 13.1 Å². The smallest absolute Gasteiger partial charge is 0.306 e. The van der Waals surface area contributed by atoms with Crippen molar-refractivity contribution in [3.63, 3.8) is 0 Å². The number of likely N-dealkylation sites (N-methyl/N-ethyl adjacent to an activating group) is 1. The highest BCUT2D eigenvalue weighted by molar-refractivity contribution is 7.14. The van der Waals surface area contributed by atoms with Gasteiger partial charge < -0.3 is 10.2 Å². The largest absolute Gasteiger partial charge is 0.417 e. The minimum Gasteiger partial charge on any atom is -0.306 e. The normalized spacial score (nSPS) is 14.8. The molecule has 1 aliphatic heterocycles. The summed E-state index contributed by atoms with van der Waals surface area (Å²) in [5.74, 6) is -1.02. The van der Waals surface area contributed by atoms with Crippen LogP contribution in [0.1, 0.15) is 5.56 Å². The Morgan fingerprint density at radius 1 is 1.30 bits per heavy atom. The quantitative estimate of drug-likeness (QED) is 0.803. The van der Waals surface area contributed by atoms with Gasteiger partial charge in [-0.3, -0.25) is 14.5 Å². The van der Waals surface area contributed by atoms with Crippen molar-refractivity contribution in [2.24, 2.45) is 0 Å². The van der Waals surface area contributed by atoms with Crippen LogP contribution in [0.3, 0.4) is 0 Å². The summed E-state index contributed by atoms with van der Waals surface area (Å²) < 4.78 is 39.3. The second kappa shape index (κ2) is 6.99. The Kier molecular flexibility index (Phi) is 4.87. The lowest BCUT2D eigenvalue weighted by atomic mass is 10.1. The van der Waals surface area contributed by atoms with E-state index in [1.807, 2.05) is 0 Å². The van der Waals surface area contributed by atoms with Gasteiger partial charge >= 0.3 is 12.2 Å². The van der Waals surface area contributed by atoms with Gasteiger partial charge in [0, 0.05) is 18.0 Å². The predicted octanol–water partition coefficient (Wildman–Crippen LogP) is 2.66. The van der Waals surface area contributed by atoms with E-state index in [2.05, 4.69) is 10.3 Å². The molecule has 27 heavy (non-hydrogen) atoms. The molecule has 1 aromatic heterocycles. The van der Waals surface area contributed by atoms with Crippen LogP contribution in [-0.4, -0.2) is 52.8 Å². The third kappa shape index (κ3) is 3.92. The fourth-order valence-corrected chi connectivity index (χ4v) is 3.25. The topological polar surface area (TPSA) is 82.6 Å². The fourth-order valence-electron chi connectivity index (χ4n) is 2.52. The summed E-state index contributed by atoms with van der Waals surface area (Å²) in [4.78, 5) is 41.2. The molecule has 3 rings (SSSR count). The Hall–Kier alpha value is -2.95. The number of hydrogen-bond donors (Lipinski definition) is 1. The Morgan fingerprint density at radius 2 is 2.00 bits per heavy atom. The van der Waals surface area contributed by atoms with Gasteiger partial charge in [0.2, 0.25) is 11.8 Å². The zero-order valence-corrected chi connectivity index (χ0v) is 14.7. The number of aromatic nitrogens is 1. The number of carbonyl (C=O) groups is 3. The molecular weight excluding hydrogens is 385 g/mol. The first-order valence-electron chi connectivity index (χ1n) is 7.64. The molecule has 0 bridgehead atoms. The molecule has 2 heterocycles. The van der Waals surface area contributed by atoms with Gasteiger partial charge in [-0.25, -0.2) is 9.78 Å². The van der Waals surface area contributed by atoms with Crippen molar-refractivity contribution in [2.75, 3.05) is 25.5 Å². The first-order valence-corrected chi connectivity index (χ1v) is 8.52. The molecule has 0 atom stereocenters. The van der Waals surface area contributed by atoms with E-state index in [1.165, 1.54) is 30.6 Å². The van der Waals surface area contributed by atoms with Crippen molar-refractivity contribution < 1.29 is 27.6 Å². The van der Waals surface area contributed by atoms with Gasteiger partial charge in [-0.05, 0) is 6.07 Å². The van der Waals surface area contributed by atoms with Crippen molar-refractivity contribution in [1.29, 1.82) is 0 Å². The van der Waals surface area contributed by atoms with E-state index in [0.717, 1.165) is 27.2 Å². The molecule has 2 aromatic rings. The number of anilines is 1. The molecule has 1 fully saturated rings. The summed E-state index contributed by atoms with van der Waals surface area (Å²) in [5, 5.41) is 3.93. The average molecular weight is 398 g/mol. The average Bonchev–Trinajstić information content (AvgIpc) is 3.15. The van der Waals surface area contributed by atoms with Gasteiger partial charge in [-0.15, -0.1) is 11.3 Å². The standard InChI is InChI=1S/C16H13F3N4O3S/c1-22-13(25)7-23(15(22)26)6-12(24)21-14-20-11(8-27-14)9-4-2-3-5-10(9)16(17,18)19/h2-5,8H,6-7H2,1H3,(H,20,21,24). The molecular formula is C16H13F3N4O3S. The number of carbonyl (C=O) groups excluding carboxylic acids is 3. The molecule has 0 saturated carbocycles. The van der Waals surface area contributed by atoms with Crippen LogP contribution in [0.2, 0.25) is 0 Å². The maximum Gasteiger partial charge on any atom is 0.417 e. The van der Waals surface area contributed by atoms with Crippen LogP contribution in [0.4, 0.5) is 23.1 Å². The number of halogens is 3. The van der Waals surface area contributed by atoms with E-state index in [1.54, 1.807) is 0 Å². The number of nitrogens with zero attached hydrogens (tertiary/aromatic N) is 3. The monoisotopic (exact) mass is 398 g/mol. The van der Waals surface area contributed by atoms with Crippen molar-refractivity contribution >= 4 is 34.3 Å². The first-order chi connectivity index (χ1) is 12.7. The first kappa shape index (κ1) is 18.8. The summed E-state index contributed by atoms with van der Waals surface area (Å²) >= 11 is 0.961. The summed E-state index contributed by atoms with van der Waals surface area (Å²) in [6.07, 6.45) is -4.53. The van der Waals surface area contributed by atoms with E-state index in [4.69, 9.17) is 0 Å². The van der Waals surface area contributed by atoms with Crippen LogP contribution in [0.15, 0.2) is 29.6 Å². The number of alkyl halides is 3. The summed E-state index contributed by atoms with van der Waals surface area (Å²) in [6.45, 7) is -0.562. The second-order valence-corrected chi connectivity index (χ2v) is 6.58. The molecule has 0 spiro atoms. The predicted molar refractivity (Wildman–Crippen MR) is 90.9 cm³/mol. The Labute approximate surface area is 155 Å².